The predicted molar refractivity (Wildman–Crippen MR) is 128 cm³/mol. The van der Waals surface area contributed by atoms with Crippen molar-refractivity contribution >= 4 is 0 Å². The second-order valence-corrected chi connectivity index (χ2v) is 13.1. The van der Waals surface area contributed by atoms with Gasteiger partial charge in [0.05, 0.1) is 11.7 Å². The largest absolute Gasteiger partial charge is 0.381 e. The number of fused-ring (bicyclic) bond motifs is 6. The predicted octanol–water partition coefficient (Wildman–Crippen LogP) is 5.09. The van der Waals surface area contributed by atoms with Gasteiger partial charge in [-0.25, -0.2) is 0 Å². The van der Waals surface area contributed by atoms with E-state index in [9.17, 15) is 0 Å². The van der Waals surface area contributed by atoms with Crippen LogP contribution in [0.1, 0.15) is 78.1 Å². The van der Waals surface area contributed by atoms with Crippen molar-refractivity contribution in [3.8, 4) is 0 Å². The number of likely N-dealkylation sites (N-methyl/N-ethyl adjacent to an activating group) is 1. The van der Waals surface area contributed by atoms with Crippen LogP contribution in [0.25, 0.3) is 0 Å². The third kappa shape index (κ3) is 2.82. The van der Waals surface area contributed by atoms with Crippen LogP contribution in [-0.2, 0) is 9.47 Å². The van der Waals surface area contributed by atoms with Crippen molar-refractivity contribution in [3.63, 3.8) is 0 Å². The monoisotopic (exact) mass is 442 g/mol. The Hall–Kier alpha value is -0.420. The van der Waals surface area contributed by atoms with Crippen LogP contribution < -0.4 is 0 Å². The normalized spacial score (nSPS) is 50.8. The van der Waals surface area contributed by atoms with Gasteiger partial charge < -0.3 is 14.4 Å². The number of ether oxygens (including phenoxy) is 2. The van der Waals surface area contributed by atoms with Crippen molar-refractivity contribution in [2.75, 3.05) is 40.8 Å². The maximum Gasteiger partial charge on any atom is 0.124 e. The molecule has 6 aliphatic rings. The number of hydrogen-bond acceptors (Lipinski definition) is 4. The molecule has 0 aromatic rings. The number of nitrogens with zero attached hydrogens (tertiary/aromatic N) is 2. The molecule has 4 aliphatic carbocycles. The van der Waals surface area contributed by atoms with Crippen LogP contribution in [0.2, 0.25) is 0 Å². The van der Waals surface area contributed by atoms with E-state index in [1.54, 1.807) is 5.57 Å². The fourth-order valence-electron chi connectivity index (χ4n) is 9.80. The fraction of sp³-hybridized carbons (Fsp3) is 0.929. The lowest BCUT2D eigenvalue weighted by molar-refractivity contribution is -0.203. The van der Waals surface area contributed by atoms with E-state index in [2.05, 4.69) is 43.8 Å². The zero-order valence-electron chi connectivity index (χ0n) is 21.3. The molecule has 2 heterocycles. The summed E-state index contributed by atoms with van der Waals surface area (Å²) < 4.78 is 13.2. The van der Waals surface area contributed by atoms with E-state index in [0.717, 1.165) is 24.3 Å². The van der Waals surface area contributed by atoms with Gasteiger partial charge in [0.2, 0.25) is 0 Å². The van der Waals surface area contributed by atoms with E-state index in [4.69, 9.17) is 9.47 Å². The summed E-state index contributed by atoms with van der Waals surface area (Å²) >= 11 is 0. The molecule has 6 rings (SSSR count). The molecule has 2 aliphatic heterocycles. The molecule has 7 atom stereocenters. The average molecular weight is 443 g/mol. The molecule has 2 saturated heterocycles. The number of allylic oxidation sites excluding steroid dienone is 1. The molecule has 32 heavy (non-hydrogen) atoms. The first kappa shape index (κ1) is 22.1. The number of hydrogen-bond donors (Lipinski definition) is 0. The second-order valence-electron chi connectivity index (χ2n) is 13.1. The zero-order chi connectivity index (χ0) is 22.4. The molecule has 4 heteroatoms. The Balaban J connectivity index is 1.28. The van der Waals surface area contributed by atoms with Crippen molar-refractivity contribution in [1.29, 1.82) is 0 Å². The Morgan fingerprint density at radius 1 is 0.969 bits per heavy atom. The van der Waals surface area contributed by atoms with E-state index >= 15 is 0 Å². The third-order valence-corrected chi connectivity index (χ3v) is 12.0. The van der Waals surface area contributed by atoms with Gasteiger partial charge in [0.1, 0.15) is 5.72 Å². The maximum atomic E-state index is 7.38. The molecule has 180 valence electrons. The van der Waals surface area contributed by atoms with E-state index in [1.165, 1.54) is 77.3 Å². The maximum absolute atomic E-state index is 7.38. The number of rotatable bonds is 1. The van der Waals surface area contributed by atoms with Gasteiger partial charge in [0.25, 0.3) is 0 Å². The van der Waals surface area contributed by atoms with E-state index in [1.807, 2.05) is 7.11 Å². The minimum Gasteiger partial charge on any atom is -0.381 e. The Morgan fingerprint density at radius 3 is 2.47 bits per heavy atom. The van der Waals surface area contributed by atoms with Gasteiger partial charge in [-0.3, -0.25) is 4.90 Å². The van der Waals surface area contributed by atoms with E-state index in [0.29, 0.717) is 16.9 Å². The molecular formula is C28H46N2O2. The Bertz CT molecular complexity index is 788. The van der Waals surface area contributed by atoms with Crippen LogP contribution in [0.4, 0.5) is 0 Å². The highest BCUT2D eigenvalue weighted by atomic mass is 16.6. The van der Waals surface area contributed by atoms with E-state index < -0.39 is 0 Å². The van der Waals surface area contributed by atoms with Crippen molar-refractivity contribution in [3.05, 3.63) is 11.6 Å². The van der Waals surface area contributed by atoms with Crippen LogP contribution in [-0.4, -0.2) is 68.1 Å². The Morgan fingerprint density at radius 2 is 1.72 bits per heavy atom. The first-order valence-corrected chi connectivity index (χ1v) is 13.6. The molecule has 0 unspecified atom stereocenters. The van der Waals surface area contributed by atoms with Crippen molar-refractivity contribution < 1.29 is 9.47 Å². The molecular weight excluding hydrogens is 396 g/mol. The average Bonchev–Trinajstić information content (AvgIpc) is 3.22. The lowest BCUT2D eigenvalue weighted by Gasteiger charge is -2.59. The lowest BCUT2D eigenvalue weighted by Crippen LogP contribution is -2.56. The number of likely N-dealkylation sites (tertiary alicyclic amines) is 1. The molecule has 5 fully saturated rings. The summed E-state index contributed by atoms with van der Waals surface area (Å²) in [6.45, 7) is 8.74. The van der Waals surface area contributed by atoms with Crippen molar-refractivity contribution in [1.82, 2.24) is 9.80 Å². The molecule has 4 nitrogen and oxygen atoms in total. The molecule has 3 saturated carbocycles. The summed E-state index contributed by atoms with van der Waals surface area (Å²) in [4.78, 5) is 5.11. The van der Waals surface area contributed by atoms with Gasteiger partial charge in [0, 0.05) is 45.0 Å². The first-order valence-electron chi connectivity index (χ1n) is 13.6. The summed E-state index contributed by atoms with van der Waals surface area (Å²) in [5.41, 5.74) is 2.55. The van der Waals surface area contributed by atoms with Gasteiger partial charge in [0.15, 0.2) is 0 Å². The molecule has 0 bridgehead atoms. The summed E-state index contributed by atoms with van der Waals surface area (Å²) in [6, 6.07) is 0. The van der Waals surface area contributed by atoms with Crippen LogP contribution in [0, 0.1) is 28.6 Å². The van der Waals surface area contributed by atoms with Crippen LogP contribution >= 0.6 is 0 Å². The van der Waals surface area contributed by atoms with Crippen LogP contribution in [0.3, 0.4) is 0 Å². The Labute approximate surface area is 196 Å². The summed E-state index contributed by atoms with van der Waals surface area (Å²) in [7, 11) is 6.52. The third-order valence-electron chi connectivity index (χ3n) is 12.0. The van der Waals surface area contributed by atoms with Crippen LogP contribution in [0.15, 0.2) is 11.6 Å². The van der Waals surface area contributed by atoms with Gasteiger partial charge in [-0.1, -0.05) is 25.5 Å². The molecule has 2 spiro atoms. The summed E-state index contributed by atoms with van der Waals surface area (Å²) in [5, 5.41) is 0. The quantitative estimate of drug-likeness (QED) is 0.528. The van der Waals surface area contributed by atoms with Crippen molar-refractivity contribution in [2.24, 2.45) is 28.6 Å². The smallest absolute Gasteiger partial charge is 0.124 e. The fourth-order valence-corrected chi connectivity index (χ4v) is 9.80. The highest BCUT2D eigenvalue weighted by Crippen LogP contribution is 2.69. The summed E-state index contributed by atoms with van der Waals surface area (Å²) in [6.07, 6.45) is 15.9. The highest BCUT2D eigenvalue weighted by Gasteiger charge is 2.69. The van der Waals surface area contributed by atoms with Crippen molar-refractivity contribution in [2.45, 2.75) is 95.5 Å². The topological polar surface area (TPSA) is 24.9 Å². The van der Waals surface area contributed by atoms with Gasteiger partial charge >= 0.3 is 0 Å². The molecule has 0 aromatic carbocycles. The van der Waals surface area contributed by atoms with Gasteiger partial charge in [-0.2, -0.15) is 0 Å². The minimum absolute atomic E-state index is 0.00852. The van der Waals surface area contributed by atoms with Gasteiger partial charge in [-0.15, -0.1) is 0 Å². The molecule has 0 N–H and O–H groups in total. The minimum atomic E-state index is -0.00852. The molecule has 0 radical (unpaired) electrons. The molecule has 0 aromatic heterocycles. The Kier molecular flexibility index (Phi) is 5.03. The van der Waals surface area contributed by atoms with E-state index in [-0.39, 0.29) is 11.3 Å². The lowest BCUT2D eigenvalue weighted by atomic mass is 9.47. The number of methoxy groups -OCH3 is 1. The number of piperidine rings is 1. The standard InChI is InChI=1S/C28H46N2O2/c1-25-11-8-21(31-5)18-20(25)6-7-22-23(25)9-12-26(2)24(22)10-13-27(26)19-30(4)28(32-27)14-16-29(3)17-15-28/h6,21-24H,7-19H2,1-5H3/t21-,22-,23+,24+,25+,26+,27+/m1/s1. The summed E-state index contributed by atoms with van der Waals surface area (Å²) in [5.74, 6) is 2.54. The van der Waals surface area contributed by atoms with Crippen LogP contribution in [0.5, 0.6) is 0 Å². The first-order chi connectivity index (χ1) is 15.3. The SMILES string of the molecule is CO[C@@H]1CC[C@@]2(C)C(=CC[C@@H]3[C@@H]2CC[C@@]2(C)[C@H]3CC[C@]23CN(C)C2(CCN(C)CC2)O3)C1. The molecule has 0 amide bonds. The zero-order valence-corrected chi connectivity index (χ0v) is 21.3. The second kappa shape index (κ2) is 7.29. The van der Waals surface area contributed by atoms with Gasteiger partial charge in [-0.05, 0) is 88.6 Å². The highest BCUT2D eigenvalue weighted by molar-refractivity contribution is 5.27.